The highest BCUT2D eigenvalue weighted by atomic mass is 32.2. The first kappa shape index (κ1) is 14.4. The van der Waals surface area contributed by atoms with Crippen LogP contribution in [0, 0.1) is 0 Å². The van der Waals surface area contributed by atoms with Crippen LogP contribution in [-0.2, 0) is 0 Å². The van der Waals surface area contributed by atoms with Gasteiger partial charge in [0, 0.05) is 23.7 Å². The number of methoxy groups -OCH3 is 1. The summed E-state index contributed by atoms with van der Waals surface area (Å²) in [5.41, 5.74) is 6.61. The molecule has 4 nitrogen and oxygen atoms in total. The smallest absolute Gasteiger partial charge is 0.257 e. The van der Waals surface area contributed by atoms with Crippen molar-refractivity contribution in [2.75, 3.05) is 30.9 Å². The van der Waals surface area contributed by atoms with E-state index in [0.717, 1.165) is 11.5 Å². The number of hydrogen-bond acceptors (Lipinski definition) is 4. The molecule has 0 fully saturated rings. The molecule has 0 aliphatic rings. The highest BCUT2D eigenvalue weighted by molar-refractivity contribution is 7.99. The summed E-state index contributed by atoms with van der Waals surface area (Å²) in [7, 11) is 1.52. The van der Waals surface area contributed by atoms with Crippen LogP contribution in [0.25, 0.3) is 0 Å². The van der Waals surface area contributed by atoms with Crippen molar-refractivity contribution in [3.05, 3.63) is 36.4 Å². The lowest BCUT2D eigenvalue weighted by Gasteiger charge is -2.11. The second kappa shape index (κ2) is 7.66. The van der Waals surface area contributed by atoms with Gasteiger partial charge in [-0.05, 0) is 12.1 Å². The topological polar surface area (TPSA) is 64.4 Å². The van der Waals surface area contributed by atoms with Gasteiger partial charge in [0.15, 0.2) is 0 Å². The van der Waals surface area contributed by atoms with Crippen molar-refractivity contribution >= 4 is 23.4 Å². The number of nitrogen functional groups attached to an aromatic ring is 1. The number of amides is 1. The fourth-order valence-corrected chi connectivity index (χ4v) is 2.03. The molecule has 18 heavy (non-hydrogen) atoms. The van der Waals surface area contributed by atoms with Gasteiger partial charge in [-0.15, -0.1) is 6.58 Å². The number of anilines is 1. The van der Waals surface area contributed by atoms with Gasteiger partial charge in [-0.25, -0.2) is 0 Å². The molecule has 0 bridgehead atoms. The number of nitrogens with one attached hydrogen (secondary N) is 1. The molecule has 1 amide bonds. The van der Waals surface area contributed by atoms with Crippen LogP contribution in [0.3, 0.4) is 0 Å². The molecule has 0 aliphatic heterocycles. The monoisotopic (exact) mass is 266 g/mol. The van der Waals surface area contributed by atoms with E-state index in [2.05, 4.69) is 11.9 Å². The molecular formula is C13H18N2O2S. The molecule has 1 aromatic carbocycles. The van der Waals surface area contributed by atoms with Crippen LogP contribution in [0.5, 0.6) is 5.75 Å². The zero-order chi connectivity index (χ0) is 13.4. The maximum absolute atomic E-state index is 12.0. The van der Waals surface area contributed by atoms with Crippen molar-refractivity contribution in [1.29, 1.82) is 0 Å². The molecule has 0 atom stereocenters. The number of ether oxygens (including phenoxy) is 1. The number of thioether (sulfide) groups is 1. The van der Waals surface area contributed by atoms with Gasteiger partial charge in [-0.1, -0.05) is 12.1 Å². The zero-order valence-corrected chi connectivity index (χ0v) is 11.3. The molecule has 0 heterocycles. The Hall–Kier alpha value is -1.62. The number of rotatable bonds is 7. The van der Waals surface area contributed by atoms with E-state index in [9.17, 15) is 4.79 Å². The Labute approximate surface area is 112 Å². The van der Waals surface area contributed by atoms with Gasteiger partial charge in [0.1, 0.15) is 11.3 Å². The van der Waals surface area contributed by atoms with Crippen LogP contribution in [-0.4, -0.2) is 31.1 Å². The minimum Gasteiger partial charge on any atom is -0.496 e. The number of hydrogen-bond donors (Lipinski definition) is 2. The highest BCUT2D eigenvalue weighted by Crippen LogP contribution is 2.23. The Morgan fingerprint density at radius 1 is 1.61 bits per heavy atom. The molecule has 0 radical (unpaired) electrons. The third kappa shape index (κ3) is 4.00. The Morgan fingerprint density at radius 2 is 2.39 bits per heavy atom. The van der Waals surface area contributed by atoms with Gasteiger partial charge in [0.2, 0.25) is 0 Å². The number of carbonyl (C=O) groups excluding carboxylic acids is 1. The van der Waals surface area contributed by atoms with E-state index >= 15 is 0 Å². The van der Waals surface area contributed by atoms with Crippen molar-refractivity contribution in [3.63, 3.8) is 0 Å². The van der Waals surface area contributed by atoms with Crippen molar-refractivity contribution in [3.8, 4) is 5.75 Å². The average Bonchev–Trinajstić information content (AvgIpc) is 2.37. The van der Waals surface area contributed by atoms with E-state index in [1.165, 1.54) is 7.11 Å². The van der Waals surface area contributed by atoms with Gasteiger partial charge in [-0.3, -0.25) is 4.79 Å². The fraction of sp³-hybridized carbons (Fsp3) is 0.308. The van der Waals surface area contributed by atoms with E-state index in [1.807, 2.05) is 6.08 Å². The summed E-state index contributed by atoms with van der Waals surface area (Å²) in [6.07, 6.45) is 1.84. The van der Waals surface area contributed by atoms with Crippen LogP contribution < -0.4 is 15.8 Å². The van der Waals surface area contributed by atoms with Crippen LogP contribution in [0.4, 0.5) is 5.69 Å². The average molecular weight is 266 g/mol. The number of benzene rings is 1. The summed E-state index contributed by atoms with van der Waals surface area (Å²) in [6, 6.07) is 5.16. The lowest BCUT2D eigenvalue weighted by molar-refractivity contribution is 0.0954. The second-order valence-electron chi connectivity index (χ2n) is 3.54. The summed E-state index contributed by atoms with van der Waals surface area (Å²) in [5, 5.41) is 2.82. The Balaban J connectivity index is 2.58. The van der Waals surface area contributed by atoms with E-state index in [-0.39, 0.29) is 5.91 Å². The van der Waals surface area contributed by atoms with Gasteiger partial charge in [-0.2, -0.15) is 11.8 Å². The third-order valence-corrected chi connectivity index (χ3v) is 3.24. The molecular weight excluding hydrogens is 248 g/mol. The predicted octanol–water partition coefficient (Wildman–Crippen LogP) is 1.93. The first-order valence-electron chi connectivity index (χ1n) is 5.60. The zero-order valence-electron chi connectivity index (χ0n) is 10.4. The summed E-state index contributed by atoms with van der Waals surface area (Å²) >= 11 is 1.71. The molecule has 0 aromatic heterocycles. The van der Waals surface area contributed by atoms with Gasteiger partial charge < -0.3 is 15.8 Å². The summed E-state index contributed by atoms with van der Waals surface area (Å²) in [6.45, 7) is 4.23. The van der Waals surface area contributed by atoms with E-state index in [0.29, 0.717) is 23.5 Å². The van der Waals surface area contributed by atoms with Crippen molar-refractivity contribution in [1.82, 2.24) is 5.32 Å². The van der Waals surface area contributed by atoms with Crippen molar-refractivity contribution < 1.29 is 9.53 Å². The fourth-order valence-electron chi connectivity index (χ4n) is 1.45. The van der Waals surface area contributed by atoms with Crippen molar-refractivity contribution in [2.45, 2.75) is 0 Å². The molecule has 1 rings (SSSR count). The van der Waals surface area contributed by atoms with Crippen LogP contribution >= 0.6 is 11.8 Å². The molecule has 5 heteroatoms. The number of carbonyl (C=O) groups is 1. The molecule has 1 aromatic rings. The SMILES string of the molecule is C=CCSCCNC(=O)c1c(N)cccc1OC. The lowest BCUT2D eigenvalue weighted by Crippen LogP contribution is -2.27. The number of nitrogens with two attached hydrogens (primary N) is 1. The predicted molar refractivity (Wildman–Crippen MR) is 77.3 cm³/mol. The molecule has 0 saturated carbocycles. The Morgan fingerprint density at radius 3 is 3.06 bits per heavy atom. The summed E-state index contributed by atoms with van der Waals surface area (Å²) in [5.74, 6) is 2.01. The first-order valence-corrected chi connectivity index (χ1v) is 6.75. The van der Waals surface area contributed by atoms with E-state index in [4.69, 9.17) is 10.5 Å². The first-order chi connectivity index (χ1) is 8.70. The highest BCUT2D eigenvalue weighted by Gasteiger charge is 2.14. The maximum Gasteiger partial charge on any atom is 0.257 e. The molecule has 0 unspecified atom stereocenters. The van der Waals surface area contributed by atoms with Crippen LogP contribution in [0.2, 0.25) is 0 Å². The standard InChI is InChI=1S/C13H18N2O2S/c1-3-8-18-9-7-15-13(16)12-10(14)5-4-6-11(12)17-2/h3-6H,1,7-9,14H2,2H3,(H,15,16). The van der Waals surface area contributed by atoms with Gasteiger partial charge >= 0.3 is 0 Å². The largest absolute Gasteiger partial charge is 0.496 e. The van der Waals surface area contributed by atoms with Gasteiger partial charge in [0.05, 0.1) is 7.11 Å². The quantitative estimate of drug-likeness (QED) is 0.449. The Kier molecular flexibility index (Phi) is 6.14. The van der Waals surface area contributed by atoms with Gasteiger partial charge in [0.25, 0.3) is 5.91 Å². The summed E-state index contributed by atoms with van der Waals surface area (Å²) in [4.78, 5) is 12.0. The third-order valence-electron chi connectivity index (χ3n) is 2.27. The lowest BCUT2D eigenvalue weighted by atomic mass is 10.1. The second-order valence-corrected chi connectivity index (χ2v) is 4.69. The van der Waals surface area contributed by atoms with Crippen LogP contribution in [0.1, 0.15) is 10.4 Å². The minimum absolute atomic E-state index is 0.204. The molecule has 3 N–H and O–H groups in total. The minimum atomic E-state index is -0.204. The maximum atomic E-state index is 12.0. The van der Waals surface area contributed by atoms with E-state index < -0.39 is 0 Å². The Bertz CT molecular complexity index is 421. The molecule has 0 aliphatic carbocycles. The van der Waals surface area contributed by atoms with E-state index in [1.54, 1.807) is 30.0 Å². The normalized spacial score (nSPS) is 9.83. The molecule has 98 valence electrons. The molecule has 0 spiro atoms. The van der Waals surface area contributed by atoms with Crippen LogP contribution in [0.15, 0.2) is 30.9 Å². The molecule has 0 saturated heterocycles. The summed E-state index contributed by atoms with van der Waals surface area (Å²) < 4.78 is 5.13. The van der Waals surface area contributed by atoms with Crippen molar-refractivity contribution in [2.24, 2.45) is 0 Å².